The number of nitrogens with zero attached hydrogens (tertiary/aromatic N) is 2. The number of hydrogen-bond acceptors (Lipinski definition) is 5. The lowest BCUT2D eigenvalue weighted by molar-refractivity contribution is 0.0691. The molecule has 1 heterocycles. The fourth-order valence-electron chi connectivity index (χ4n) is 1.42. The largest absolute Gasteiger partial charge is 0.476 e. The molecule has 0 fully saturated rings. The topological polar surface area (TPSA) is 82.9 Å². The molecule has 0 amide bonds. The Bertz CT molecular complexity index is 414. The average Bonchev–Trinajstić information content (AvgIpc) is 2.35. The van der Waals surface area contributed by atoms with Gasteiger partial charge in [0, 0.05) is 20.2 Å². The fraction of sp³-hybridized carbons (Fsp3) is 0.455. The molecule has 0 unspecified atom stereocenters. The smallest absolute Gasteiger partial charge is 0.356 e. The van der Waals surface area contributed by atoms with Gasteiger partial charge in [-0.2, -0.15) is 0 Å². The number of rotatable bonds is 7. The van der Waals surface area contributed by atoms with Crippen molar-refractivity contribution in [1.82, 2.24) is 4.98 Å². The van der Waals surface area contributed by atoms with E-state index in [1.807, 2.05) is 0 Å². The SMILES string of the molecule is COCCN(CCO)c1ccc(Cl)c(C(=O)O)n1. The predicted octanol–water partition coefficient (Wildman–Crippen LogP) is 0.878. The number of aliphatic hydroxyl groups is 1. The van der Waals surface area contributed by atoms with Gasteiger partial charge in [-0.05, 0) is 12.1 Å². The van der Waals surface area contributed by atoms with E-state index in [1.165, 1.54) is 6.07 Å². The van der Waals surface area contributed by atoms with Crippen LogP contribution in [0.5, 0.6) is 0 Å². The van der Waals surface area contributed by atoms with E-state index in [-0.39, 0.29) is 17.3 Å². The number of pyridine rings is 1. The van der Waals surface area contributed by atoms with E-state index in [0.717, 1.165) is 0 Å². The summed E-state index contributed by atoms with van der Waals surface area (Å²) in [5.41, 5.74) is -0.200. The Morgan fingerprint density at radius 1 is 1.50 bits per heavy atom. The van der Waals surface area contributed by atoms with Crippen molar-refractivity contribution in [1.29, 1.82) is 0 Å². The zero-order chi connectivity index (χ0) is 13.5. The minimum Gasteiger partial charge on any atom is -0.476 e. The van der Waals surface area contributed by atoms with Gasteiger partial charge in [-0.1, -0.05) is 11.6 Å². The first-order valence-corrected chi connectivity index (χ1v) is 5.72. The molecule has 0 aliphatic rings. The van der Waals surface area contributed by atoms with E-state index >= 15 is 0 Å². The van der Waals surface area contributed by atoms with Gasteiger partial charge in [0.15, 0.2) is 5.69 Å². The Morgan fingerprint density at radius 3 is 2.78 bits per heavy atom. The average molecular weight is 275 g/mol. The van der Waals surface area contributed by atoms with Crippen molar-refractivity contribution in [3.8, 4) is 0 Å². The molecule has 0 saturated carbocycles. The van der Waals surface area contributed by atoms with Crippen LogP contribution in [-0.2, 0) is 4.74 Å². The van der Waals surface area contributed by atoms with Crippen LogP contribution in [0.2, 0.25) is 5.02 Å². The molecule has 100 valence electrons. The third-order valence-corrected chi connectivity index (χ3v) is 2.60. The van der Waals surface area contributed by atoms with Crippen molar-refractivity contribution in [3.63, 3.8) is 0 Å². The van der Waals surface area contributed by atoms with E-state index in [9.17, 15) is 4.79 Å². The Morgan fingerprint density at radius 2 is 2.22 bits per heavy atom. The summed E-state index contributed by atoms with van der Waals surface area (Å²) in [4.78, 5) is 16.6. The quantitative estimate of drug-likeness (QED) is 0.768. The molecule has 0 spiro atoms. The molecule has 2 N–H and O–H groups in total. The predicted molar refractivity (Wildman–Crippen MR) is 67.4 cm³/mol. The van der Waals surface area contributed by atoms with Crippen LogP contribution < -0.4 is 4.90 Å². The second kappa shape index (κ2) is 7.15. The molecule has 1 aromatic rings. The van der Waals surface area contributed by atoms with Gasteiger partial charge in [0.2, 0.25) is 0 Å². The highest BCUT2D eigenvalue weighted by Crippen LogP contribution is 2.19. The maximum atomic E-state index is 10.9. The Labute approximate surface area is 110 Å². The van der Waals surface area contributed by atoms with Crippen molar-refractivity contribution in [2.75, 3.05) is 38.3 Å². The van der Waals surface area contributed by atoms with E-state index in [0.29, 0.717) is 25.5 Å². The molecule has 18 heavy (non-hydrogen) atoms. The van der Waals surface area contributed by atoms with Crippen molar-refractivity contribution in [3.05, 3.63) is 22.8 Å². The number of anilines is 1. The van der Waals surface area contributed by atoms with Crippen LogP contribution in [0.15, 0.2) is 12.1 Å². The second-order valence-electron chi connectivity index (χ2n) is 3.51. The summed E-state index contributed by atoms with van der Waals surface area (Å²) in [6.45, 7) is 1.24. The van der Waals surface area contributed by atoms with Crippen LogP contribution in [-0.4, -0.2) is 54.6 Å². The van der Waals surface area contributed by atoms with Crippen molar-refractivity contribution in [2.24, 2.45) is 0 Å². The van der Waals surface area contributed by atoms with E-state index in [1.54, 1.807) is 18.1 Å². The van der Waals surface area contributed by atoms with Crippen molar-refractivity contribution < 1.29 is 19.7 Å². The summed E-state index contributed by atoms with van der Waals surface area (Å²) in [5.74, 6) is -0.736. The van der Waals surface area contributed by atoms with Crippen LogP contribution >= 0.6 is 11.6 Å². The van der Waals surface area contributed by atoms with Crippen LogP contribution in [0.4, 0.5) is 5.82 Å². The number of carboxylic acids is 1. The van der Waals surface area contributed by atoms with E-state index in [2.05, 4.69) is 4.98 Å². The normalized spacial score (nSPS) is 10.4. The third-order valence-electron chi connectivity index (χ3n) is 2.29. The highest BCUT2D eigenvalue weighted by Gasteiger charge is 2.14. The van der Waals surface area contributed by atoms with E-state index < -0.39 is 5.97 Å². The molecule has 0 radical (unpaired) electrons. The second-order valence-corrected chi connectivity index (χ2v) is 3.92. The Hall–Kier alpha value is -1.37. The first-order chi connectivity index (χ1) is 8.60. The molecule has 0 aliphatic heterocycles. The summed E-state index contributed by atoms with van der Waals surface area (Å²) < 4.78 is 4.95. The first kappa shape index (κ1) is 14.7. The van der Waals surface area contributed by atoms with Gasteiger partial charge in [-0.25, -0.2) is 9.78 Å². The highest BCUT2D eigenvalue weighted by atomic mass is 35.5. The molecule has 0 aromatic carbocycles. The van der Waals surface area contributed by atoms with Crippen molar-refractivity contribution >= 4 is 23.4 Å². The fourth-order valence-corrected chi connectivity index (χ4v) is 1.61. The summed E-state index contributed by atoms with van der Waals surface area (Å²) in [7, 11) is 1.56. The molecule has 6 nitrogen and oxygen atoms in total. The number of ether oxygens (including phenoxy) is 1. The first-order valence-electron chi connectivity index (χ1n) is 5.34. The molecule has 0 aliphatic carbocycles. The van der Waals surface area contributed by atoms with Gasteiger partial charge in [0.05, 0.1) is 18.2 Å². The van der Waals surface area contributed by atoms with Crippen LogP contribution in [0, 0.1) is 0 Å². The van der Waals surface area contributed by atoms with Crippen LogP contribution in [0.3, 0.4) is 0 Å². The maximum Gasteiger partial charge on any atom is 0.356 e. The van der Waals surface area contributed by atoms with Gasteiger partial charge in [0.25, 0.3) is 0 Å². The molecule has 0 bridgehead atoms. The lowest BCUT2D eigenvalue weighted by Crippen LogP contribution is -2.31. The summed E-state index contributed by atoms with van der Waals surface area (Å²) in [6.07, 6.45) is 0. The zero-order valence-corrected chi connectivity index (χ0v) is 10.7. The molecule has 0 saturated heterocycles. The van der Waals surface area contributed by atoms with Gasteiger partial charge < -0.3 is 19.8 Å². The van der Waals surface area contributed by atoms with E-state index in [4.69, 9.17) is 26.6 Å². The Balaban J connectivity index is 2.97. The minimum atomic E-state index is -1.18. The molecular formula is C11H15ClN2O4. The number of carboxylic acid groups (broad SMARTS) is 1. The number of halogens is 1. The number of aromatic nitrogens is 1. The van der Waals surface area contributed by atoms with Crippen LogP contribution in [0.25, 0.3) is 0 Å². The molecule has 0 atom stereocenters. The number of methoxy groups -OCH3 is 1. The van der Waals surface area contributed by atoms with Gasteiger partial charge in [0.1, 0.15) is 5.82 Å². The number of aromatic carboxylic acids is 1. The maximum absolute atomic E-state index is 10.9. The molecule has 7 heteroatoms. The minimum absolute atomic E-state index is 0.0591. The van der Waals surface area contributed by atoms with Gasteiger partial charge >= 0.3 is 5.97 Å². The molecular weight excluding hydrogens is 260 g/mol. The lowest BCUT2D eigenvalue weighted by atomic mass is 10.3. The highest BCUT2D eigenvalue weighted by molar-refractivity contribution is 6.33. The standard InChI is InChI=1S/C11H15ClN2O4/c1-18-7-5-14(4-6-15)9-3-2-8(12)10(13-9)11(16)17/h2-3,15H,4-7H2,1H3,(H,16,17). The molecule has 1 aromatic heterocycles. The number of hydrogen-bond donors (Lipinski definition) is 2. The number of carbonyl (C=O) groups is 1. The summed E-state index contributed by atoms with van der Waals surface area (Å²) >= 11 is 5.74. The van der Waals surface area contributed by atoms with Crippen molar-refractivity contribution in [2.45, 2.75) is 0 Å². The van der Waals surface area contributed by atoms with Gasteiger partial charge in [-0.15, -0.1) is 0 Å². The lowest BCUT2D eigenvalue weighted by Gasteiger charge is -2.22. The number of aliphatic hydroxyl groups excluding tert-OH is 1. The summed E-state index contributed by atoms with van der Waals surface area (Å²) in [6, 6.07) is 3.09. The monoisotopic (exact) mass is 274 g/mol. The molecule has 1 rings (SSSR count). The zero-order valence-electron chi connectivity index (χ0n) is 9.97. The van der Waals surface area contributed by atoms with Crippen LogP contribution in [0.1, 0.15) is 10.5 Å². The van der Waals surface area contributed by atoms with Gasteiger partial charge in [-0.3, -0.25) is 0 Å². The third kappa shape index (κ3) is 3.83. The summed E-state index contributed by atoms with van der Waals surface area (Å²) in [5, 5.41) is 18.0. The Kier molecular flexibility index (Phi) is 5.84.